The molecular weight excluding hydrogens is 438 g/mol. The zero-order valence-electron chi connectivity index (χ0n) is 17.5. The summed E-state index contributed by atoms with van der Waals surface area (Å²) in [7, 11) is -3.80. The van der Waals surface area contributed by atoms with Gasteiger partial charge < -0.3 is 14.5 Å². The molecule has 1 saturated heterocycles. The fraction of sp³-hybridized carbons (Fsp3) is 0.476. The van der Waals surface area contributed by atoms with E-state index in [2.05, 4.69) is 10.2 Å². The zero-order valence-corrected chi connectivity index (χ0v) is 19.1. The van der Waals surface area contributed by atoms with Crippen LogP contribution < -0.4 is 5.32 Å². The smallest absolute Gasteiger partial charge is 0.243 e. The Balaban J connectivity index is 1.58. The van der Waals surface area contributed by atoms with Gasteiger partial charge in [-0.05, 0) is 30.3 Å². The third-order valence-corrected chi connectivity index (χ3v) is 8.64. The van der Waals surface area contributed by atoms with Gasteiger partial charge in [0.15, 0.2) is 0 Å². The third-order valence-electron chi connectivity index (χ3n) is 5.46. The number of carbonyl (C=O) groups excluding carboxylic acids is 1. The van der Waals surface area contributed by atoms with Crippen LogP contribution in [0.4, 0.5) is 5.69 Å². The number of fused-ring (bicyclic) bond motifs is 1. The monoisotopic (exact) mass is 465 g/mol. The Morgan fingerprint density at radius 1 is 1.26 bits per heavy atom. The van der Waals surface area contributed by atoms with Gasteiger partial charge in [0, 0.05) is 42.7 Å². The molecule has 1 fully saturated rings. The highest BCUT2D eigenvalue weighted by atomic mass is 32.2. The number of furan rings is 1. The minimum Gasteiger partial charge on any atom is -0.468 e. The van der Waals surface area contributed by atoms with Crippen LogP contribution in [0.2, 0.25) is 0 Å². The number of hydrogen-bond acceptors (Lipinski definition) is 7. The van der Waals surface area contributed by atoms with Crippen LogP contribution in [0.25, 0.3) is 0 Å². The molecule has 3 heterocycles. The largest absolute Gasteiger partial charge is 0.468 e. The summed E-state index contributed by atoms with van der Waals surface area (Å²) in [6, 6.07) is 8.48. The van der Waals surface area contributed by atoms with E-state index in [1.807, 2.05) is 6.92 Å². The van der Waals surface area contributed by atoms with Crippen LogP contribution in [0.5, 0.6) is 0 Å². The van der Waals surface area contributed by atoms with Crippen LogP contribution in [-0.4, -0.2) is 68.7 Å². The maximum Gasteiger partial charge on any atom is 0.243 e. The number of amides is 1. The van der Waals surface area contributed by atoms with E-state index in [-0.39, 0.29) is 23.3 Å². The van der Waals surface area contributed by atoms with Gasteiger partial charge in [-0.25, -0.2) is 8.42 Å². The molecule has 1 atom stereocenters. The maximum atomic E-state index is 13.6. The van der Waals surface area contributed by atoms with E-state index >= 15 is 0 Å². The molecule has 2 aliphatic heterocycles. The molecule has 1 N–H and O–H groups in total. The molecule has 1 unspecified atom stereocenters. The number of nitrogens with zero attached hydrogens (tertiary/aromatic N) is 2. The summed E-state index contributed by atoms with van der Waals surface area (Å²) in [5.41, 5.74) is 0.548. The minimum absolute atomic E-state index is 0.0967. The Hall–Kier alpha value is -1.85. The third kappa shape index (κ3) is 5.32. The van der Waals surface area contributed by atoms with Crippen molar-refractivity contribution >= 4 is 33.4 Å². The lowest BCUT2D eigenvalue weighted by molar-refractivity contribution is -0.118. The quantitative estimate of drug-likeness (QED) is 0.672. The molecule has 0 aliphatic carbocycles. The molecule has 0 bridgehead atoms. The molecule has 4 rings (SSSR count). The van der Waals surface area contributed by atoms with Gasteiger partial charge in [0.25, 0.3) is 0 Å². The first-order valence-corrected chi connectivity index (χ1v) is 12.8. The van der Waals surface area contributed by atoms with E-state index in [0.29, 0.717) is 43.5 Å². The fourth-order valence-corrected chi connectivity index (χ4v) is 5.96. The van der Waals surface area contributed by atoms with E-state index < -0.39 is 10.0 Å². The highest BCUT2D eigenvalue weighted by Gasteiger charge is 2.28. The van der Waals surface area contributed by atoms with E-state index in [9.17, 15) is 13.2 Å². The molecule has 0 radical (unpaired) electrons. The first-order valence-electron chi connectivity index (χ1n) is 10.3. The molecule has 8 nitrogen and oxygen atoms in total. The van der Waals surface area contributed by atoms with Crippen LogP contribution in [0.1, 0.15) is 12.7 Å². The molecule has 2 aromatic rings. The van der Waals surface area contributed by atoms with Crippen LogP contribution in [-0.2, 0) is 26.1 Å². The Labute approximate surface area is 187 Å². The van der Waals surface area contributed by atoms with Gasteiger partial charge in [0.1, 0.15) is 5.76 Å². The van der Waals surface area contributed by atoms with Gasteiger partial charge in [0.05, 0.1) is 36.6 Å². The number of anilines is 1. The summed E-state index contributed by atoms with van der Waals surface area (Å²) in [5, 5.41) is 2.87. The van der Waals surface area contributed by atoms with Crippen molar-refractivity contribution in [3.8, 4) is 0 Å². The molecule has 1 aromatic heterocycles. The molecule has 2 aliphatic rings. The lowest BCUT2D eigenvalue weighted by atomic mass is 10.2. The zero-order chi connectivity index (χ0) is 21.8. The fourth-order valence-electron chi connectivity index (χ4n) is 3.53. The number of morpholine rings is 1. The number of rotatable bonds is 7. The second-order valence-corrected chi connectivity index (χ2v) is 10.7. The van der Waals surface area contributed by atoms with E-state index in [0.717, 1.165) is 18.0 Å². The predicted molar refractivity (Wildman–Crippen MR) is 119 cm³/mol. The summed E-state index contributed by atoms with van der Waals surface area (Å²) >= 11 is 1.56. The number of nitrogens with one attached hydrogen (secondary N) is 1. The Kier molecular flexibility index (Phi) is 7.02. The summed E-state index contributed by atoms with van der Waals surface area (Å²) in [6.45, 7) is 5.84. The highest BCUT2D eigenvalue weighted by Crippen LogP contribution is 2.35. The normalized spacial score (nSPS) is 20.3. The van der Waals surface area contributed by atoms with Crippen molar-refractivity contribution < 1.29 is 22.4 Å². The van der Waals surface area contributed by atoms with Crippen LogP contribution >= 0.6 is 11.8 Å². The van der Waals surface area contributed by atoms with Gasteiger partial charge in [-0.1, -0.05) is 6.92 Å². The predicted octanol–water partition coefficient (Wildman–Crippen LogP) is 2.48. The Morgan fingerprint density at radius 2 is 2.06 bits per heavy atom. The lowest BCUT2D eigenvalue weighted by Crippen LogP contribution is -2.42. The van der Waals surface area contributed by atoms with Gasteiger partial charge in [-0.2, -0.15) is 4.31 Å². The summed E-state index contributed by atoms with van der Waals surface area (Å²) < 4.78 is 39.4. The topological polar surface area (TPSA) is 92.1 Å². The number of thioether (sulfide) groups is 1. The number of hydrogen-bond donors (Lipinski definition) is 1. The average Bonchev–Trinajstić information content (AvgIpc) is 3.24. The second-order valence-electron chi connectivity index (χ2n) is 7.73. The number of carbonyl (C=O) groups is 1. The van der Waals surface area contributed by atoms with Crippen molar-refractivity contribution in [2.24, 2.45) is 5.92 Å². The van der Waals surface area contributed by atoms with Crippen molar-refractivity contribution in [1.29, 1.82) is 0 Å². The van der Waals surface area contributed by atoms with Crippen molar-refractivity contribution in [3.63, 3.8) is 0 Å². The summed E-state index contributed by atoms with van der Waals surface area (Å²) in [4.78, 5) is 15.5. The lowest BCUT2D eigenvalue weighted by Gasteiger charge is -2.29. The summed E-state index contributed by atoms with van der Waals surface area (Å²) in [5.74, 6) is 1.01. The van der Waals surface area contributed by atoms with Crippen LogP contribution in [0.15, 0.2) is 50.8 Å². The second kappa shape index (κ2) is 9.74. The molecule has 31 heavy (non-hydrogen) atoms. The van der Waals surface area contributed by atoms with E-state index in [1.165, 1.54) is 4.31 Å². The SMILES string of the molecule is CC1CSc2ccc(S(=O)(=O)N(CCN3CCOCC3)Cc3ccco3)cc2NC1=O. The Morgan fingerprint density at radius 3 is 2.81 bits per heavy atom. The molecular formula is C21H27N3O5S2. The molecule has 0 spiro atoms. The van der Waals surface area contributed by atoms with Crippen LogP contribution in [0.3, 0.4) is 0 Å². The minimum atomic E-state index is -3.80. The first kappa shape index (κ1) is 22.3. The number of benzene rings is 1. The van der Waals surface area contributed by atoms with Gasteiger partial charge in [0.2, 0.25) is 15.9 Å². The van der Waals surface area contributed by atoms with Crippen molar-refractivity contribution in [2.75, 3.05) is 50.5 Å². The number of ether oxygens (including phenoxy) is 1. The summed E-state index contributed by atoms with van der Waals surface area (Å²) in [6.07, 6.45) is 1.54. The van der Waals surface area contributed by atoms with Gasteiger partial charge in [-0.15, -0.1) is 11.8 Å². The molecule has 168 valence electrons. The molecule has 1 aromatic carbocycles. The van der Waals surface area contributed by atoms with Crippen molar-refractivity contribution in [1.82, 2.24) is 9.21 Å². The average molecular weight is 466 g/mol. The molecule has 10 heteroatoms. The number of sulfonamides is 1. The molecule has 1 amide bonds. The van der Waals surface area contributed by atoms with Crippen molar-refractivity contribution in [2.45, 2.75) is 23.3 Å². The van der Waals surface area contributed by atoms with E-state index in [1.54, 1.807) is 48.4 Å². The highest BCUT2D eigenvalue weighted by molar-refractivity contribution is 7.99. The van der Waals surface area contributed by atoms with E-state index in [4.69, 9.17) is 9.15 Å². The standard InChI is InChI=1S/C21H27N3O5S2/c1-16-15-30-20-5-4-18(13-19(20)22-21(16)25)31(26,27)24(14-17-3-2-10-29-17)7-6-23-8-11-28-12-9-23/h2-5,10,13,16H,6-9,11-12,14-15H2,1H3,(H,22,25). The molecule has 0 saturated carbocycles. The van der Waals surface area contributed by atoms with Crippen LogP contribution in [0, 0.1) is 5.92 Å². The van der Waals surface area contributed by atoms with Gasteiger partial charge >= 0.3 is 0 Å². The van der Waals surface area contributed by atoms with Crippen molar-refractivity contribution in [3.05, 3.63) is 42.4 Å². The van der Waals surface area contributed by atoms with Gasteiger partial charge in [-0.3, -0.25) is 9.69 Å². The Bertz CT molecular complexity index is 1000. The first-order chi connectivity index (χ1) is 14.9. The maximum absolute atomic E-state index is 13.6.